The molecule has 0 bridgehead atoms. The zero-order chi connectivity index (χ0) is 38.1. The SMILES string of the molecule is COC1CCC([C@@H]2CCN(C(=O)C3CCC(C4(NC(=O)OC(C)(C)C)CC4F)CC3)[C@@H]2C(=O)Nc2ccc3oc(C(=O)OC[C@@H](C)OC)cc3c2)CC1. The molecular weight excluding hydrogens is 685 g/mol. The van der Waals surface area contributed by atoms with Crippen molar-refractivity contribution >= 4 is 40.5 Å². The molecule has 4 fully saturated rings. The molecule has 0 radical (unpaired) electrons. The fourth-order valence-electron chi connectivity index (χ4n) is 8.89. The first-order valence-electron chi connectivity index (χ1n) is 19.2. The van der Waals surface area contributed by atoms with Crippen LogP contribution in [0.2, 0.25) is 0 Å². The maximum Gasteiger partial charge on any atom is 0.408 e. The van der Waals surface area contributed by atoms with Gasteiger partial charge >= 0.3 is 12.1 Å². The largest absolute Gasteiger partial charge is 0.457 e. The molecule has 5 atom stereocenters. The summed E-state index contributed by atoms with van der Waals surface area (Å²) in [5.74, 6) is -0.916. The summed E-state index contributed by atoms with van der Waals surface area (Å²) in [6.45, 7) is 7.70. The van der Waals surface area contributed by atoms with Crippen molar-refractivity contribution in [3.05, 3.63) is 30.0 Å². The van der Waals surface area contributed by atoms with E-state index in [2.05, 4.69) is 10.6 Å². The number of likely N-dealkylation sites (tertiary alicyclic amines) is 1. The molecule has 12 nitrogen and oxygen atoms in total. The molecule has 6 rings (SSSR count). The maximum absolute atomic E-state index is 14.9. The smallest absolute Gasteiger partial charge is 0.408 e. The molecule has 1 saturated heterocycles. The number of anilines is 1. The lowest BCUT2D eigenvalue weighted by atomic mass is 9.75. The number of methoxy groups -OCH3 is 2. The zero-order valence-corrected chi connectivity index (χ0v) is 31.9. The summed E-state index contributed by atoms with van der Waals surface area (Å²) in [4.78, 5) is 55.6. The average Bonchev–Trinajstić information content (AvgIpc) is 3.44. The first kappa shape index (κ1) is 39.0. The van der Waals surface area contributed by atoms with Crippen LogP contribution in [-0.4, -0.2) is 91.7 Å². The summed E-state index contributed by atoms with van der Waals surface area (Å²) in [7, 11) is 3.28. The van der Waals surface area contributed by atoms with Crippen molar-refractivity contribution in [1.29, 1.82) is 0 Å². The van der Waals surface area contributed by atoms with Gasteiger partial charge in [0.15, 0.2) is 0 Å². The minimum atomic E-state index is -1.14. The highest BCUT2D eigenvalue weighted by atomic mass is 19.1. The molecule has 3 aliphatic carbocycles. The van der Waals surface area contributed by atoms with Gasteiger partial charge in [-0.25, -0.2) is 14.0 Å². The van der Waals surface area contributed by atoms with Gasteiger partial charge < -0.3 is 38.9 Å². The molecule has 2 aromatic rings. The molecule has 0 spiro atoms. The fraction of sp³-hybridized carbons (Fsp3) is 0.700. The second-order valence-corrected chi connectivity index (χ2v) is 16.6. The van der Waals surface area contributed by atoms with Crippen molar-refractivity contribution in [3.63, 3.8) is 0 Å². The van der Waals surface area contributed by atoms with Crippen molar-refractivity contribution in [3.8, 4) is 0 Å². The third kappa shape index (κ3) is 8.82. The highest BCUT2D eigenvalue weighted by Gasteiger charge is 2.62. The lowest BCUT2D eigenvalue weighted by Gasteiger charge is -2.38. The molecule has 13 heteroatoms. The Morgan fingerprint density at radius 3 is 2.32 bits per heavy atom. The molecule has 1 aromatic carbocycles. The number of rotatable bonds is 11. The average molecular weight is 742 g/mol. The van der Waals surface area contributed by atoms with Gasteiger partial charge in [0.2, 0.25) is 17.6 Å². The number of nitrogens with one attached hydrogen (secondary N) is 2. The van der Waals surface area contributed by atoms with E-state index in [4.69, 9.17) is 23.4 Å². The molecular formula is C40H56FN3O9. The number of fused-ring (bicyclic) bond motifs is 1. The van der Waals surface area contributed by atoms with Crippen LogP contribution in [0.15, 0.2) is 28.7 Å². The third-order valence-electron chi connectivity index (χ3n) is 11.9. The van der Waals surface area contributed by atoms with Crippen molar-refractivity contribution in [1.82, 2.24) is 10.2 Å². The quantitative estimate of drug-likeness (QED) is 0.238. The number of hydrogen-bond acceptors (Lipinski definition) is 9. The molecule has 3 amide bonds. The lowest BCUT2D eigenvalue weighted by Crippen LogP contribution is -2.51. The summed E-state index contributed by atoms with van der Waals surface area (Å²) < 4.78 is 42.1. The summed E-state index contributed by atoms with van der Waals surface area (Å²) in [6.07, 6.45) is 5.23. The van der Waals surface area contributed by atoms with E-state index in [-0.39, 0.29) is 66.5 Å². The number of carbonyl (C=O) groups is 4. The van der Waals surface area contributed by atoms with Gasteiger partial charge in [-0.15, -0.1) is 0 Å². The Labute approximate surface area is 311 Å². The minimum Gasteiger partial charge on any atom is -0.457 e. The molecule has 2 heterocycles. The van der Waals surface area contributed by atoms with Gasteiger partial charge in [0.1, 0.15) is 30.0 Å². The number of benzene rings is 1. The number of furan rings is 1. The second kappa shape index (κ2) is 15.9. The highest BCUT2D eigenvalue weighted by molar-refractivity contribution is 6.00. The number of ether oxygens (including phenoxy) is 4. The predicted octanol–water partition coefficient (Wildman–Crippen LogP) is 6.80. The second-order valence-electron chi connectivity index (χ2n) is 16.6. The summed E-state index contributed by atoms with van der Waals surface area (Å²) in [5, 5.41) is 6.56. The number of hydrogen-bond donors (Lipinski definition) is 2. The number of alkyl carbamates (subject to hydrolysis) is 1. The van der Waals surface area contributed by atoms with Crippen molar-refractivity contribution < 1.29 is 46.9 Å². The molecule has 3 saturated carbocycles. The van der Waals surface area contributed by atoms with E-state index in [9.17, 15) is 23.6 Å². The van der Waals surface area contributed by atoms with Gasteiger partial charge in [-0.05, 0) is 128 Å². The molecule has 4 aliphatic rings. The summed E-state index contributed by atoms with van der Waals surface area (Å²) >= 11 is 0. The van der Waals surface area contributed by atoms with Gasteiger partial charge in [-0.2, -0.15) is 0 Å². The van der Waals surface area contributed by atoms with E-state index in [0.717, 1.165) is 32.1 Å². The van der Waals surface area contributed by atoms with E-state index in [1.807, 2.05) is 0 Å². The van der Waals surface area contributed by atoms with Gasteiger partial charge in [0.25, 0.3) is 0 Å². The zero-order valence-electron chi connectivity index (χ0n) is 31.9. The number of amides is 3. The molecule has 1 aliphatic heterocycles. The Morgan fingerprint density at radius 1 is 1.00 bits per heavy atom. The van der Waals surface area contributed by atoms with E-state index in [0.29, 0.717) is 48.9 Å². The van der Waals surface area contributed by atoms with Crippen LogP contribution in [0.4, 0.5) is 14.9 Å². The van der Waals surface area contributed by atoms with Crippen LogP contribution in [0.1, 0.15) is 102 Å². The third-order valence-corrected chi connectivity index (χ3v) is 11.9. The molecule has 53 heavy (non-hydrogen) atoms. The van der Waals surface area contributed by atoms with Crippen LogP contribution >= 0.6 is 0 Å². The normalized spacial score (nSPS) is 30.8. The summed E-state index contributed by atoms with van der Waals surface area (Å²) in [6, 6.07) is 6.12. The number of halogens is 1. The van der Waals surface area contributed by atoms with Gasteiger partial charge in [0, 0.05) is 44.2 Å². The standard InChI is InChI=1S/C40H56FN3O9/c1-23(49-5)22-51-37(47)32-20-26-19-28(13-16-31(26)52-32)42-35(45)34-30(24-9-14-29(50-6)15-10-24)17-18-44(34)36(46)25-7-11-27(12-8-25)40(21-33(40)41)43-38(48)53-39(2,3)4/h13,16,19-20,23-25,27,29-30,33-34H,7-12,14-15,17-18,21-22H2,1-6H3,(H,42,45)(H,43,48)/t23-,24?,25?,27?,29?,30+,33?,34+,40?/m1/s1. The van der Waals surface area contributed by atoms with Crippen molar-refractivity contribution in [2.45, 2.75) is 127 Å². The lowest BCUT2D eigenvalue weighted by molar-refractivity contribution is -0.142. The van der Waals surface area contributed by atoms with Gasteiger partial charge in [-0.3, -0.25) is 9.59 Å². The molecule has 2 N–H and O–H groups in total. The van der Waals surface area contributed by atoms with E-state index < -0.39 is 35.4 Å². The van der Waals surface area contributed by atoms with Crippen LogP contribution in [0.3, 0.4) is 0 Å². The number of esters is 1. The van der Waals surface area contributed by atoms with Crippen molar-refractivity contribution in [2.75, 3.05) is 32.7 Å². The minimum absolute atomic E-state index is 0.00155. The fourth-order valence-corrected chi connectivity index (χ4v) is 8.89. The van der Waals surface area contributed by atoms with Gasteiger partial charge in [-0.1, -0.05) is 0 Å². The monoisotopic (exact) mass is 741 g/mol. The molecule has 1 aromatic heterocycles. The number of carbonyl (C=O) groups excluding carboxylic acids is 4. The Hall–Kier alpha value is -3.71. The Morgan fingerprint density at radius 2 is 1.70 bits per heavy atom. The van der Waals surface area contributed by atoms with Crippen LogP contribution in [0.5, 0.6) is 0 Å². The topological polar surface area (TPSA) is 146 Å². The van der Waals surface area contributed by atoms with Crippen LogP contribution in [0.25, 0.3) is 11.0 Å². The maximum atomic E-state index is 14.9. The van der Waals surface area contributed by atoms with Gasteiger partial charge in [0.05, 0.1) is 17.7 Å². The highest BCUT2D eigenvalue weighted by Crippen LogP contribution is 2.52. The van der Waals surface area contributed by atoms with Crippen LogP contribution in [0, 0.1) is 23.7 Å². The van der Waals surface area contributed by atoms with E-state index >= 15 is 0 Å². The Bertz CT molecular complexity index is 1640. The predicted molar refractivity (Wildman–Crippen MR) is 195 cm³/mol. The number of nitrogens with zero attached hydrogens (tertiary/aromatic N) is 1. The Balaban J connectivity index is 1.14. The van der Waals surface area contributed by atoms with Crippen LogP contribution < -0.4 is 10.6 Å². The van der Waals surface area contributed by atoms with E-state index in [1.54, 1.807) is 64.0 Å². The van der Waals surface area contributed by atoms with Crippen LogP contribution in [-0.2, 0) is 28.5 Å². The summed E-state index contributed by atoms with van der Waals surface area (Å²) in [5.41, 5.74) is -0.627. The van der Waals surface area contributed by atoms with Crippen molar-refractivity contribution in [2.24, 2.45) is 23.7 Å². The van der Waals surface area contributed by atoms with E-state index in [1.165, 1.54) is 7.11 Å². The first-order chi connectivity index (χ1) is 25.2. The first-order valence-corrected chi connectivity index (χ1v) is 19.2. The number of alkyl halides is 1. The Kier molecular flexibility index (Phi) is 11.7. The molecule has 292 valence electrons. The molecule has 2 unspecified atom stereocenters.